The van der Waals surface area contributed by atoms with E-state index in [-0.39, 0.29) is 18.4 Å². The van der Waals surface area contributed by atoms with Gasteiger partial charge in [0.15, 0.2) is 6.61 Å². The zero-order valence-electron chi connectivity index (χ0n) is 15.4. The molecule has 0 radical (unpaired) electrons. The van der Waals surface area contributed by atoms with E-state index in [0.29, 0.717) is 5.75 Å². The molecule has 2 rings (SSSR count). The molecule has 5 heteroatoms. The molecule has 0 fully saturated rings. The Kier molecular flexibility index (Phi) is 7.21. The number of para-hydroxylation sites is 1. The van der Waals surface area contributed by atoms with Gasteiger partial charge in [0.25, 0.3) is 5.91 Å². The van der Waals surface area contributed by atoms with Gasteiger partial charge < -0.3 is 14.8 Å². The quantitative estimate of drug-likeness (QED) is 0.737. The molecule has 0 heterocycles. The number of hydrogen-bond donors (Lipinski definition) is 1. The van der Waals surface area contributed by atoms with E-state index in [1.165, 1.54) is 7.11 Å². The van der Waals surface area contributed by atoms with Crippen molar-refractivity contribution in [2.75, 3.05) is 13.7 Å². The summed E-state index contributed by atoms with van der Waals surface area (Å²) in [7, 11) is 1.32. The highest BCUT2D eigenvalue weighted by molar-refractivity contribution is 5.85. The van der Waals surface area contributed by atoms with Gasteiger partial charge in [-0.15, -0.1) is 0 Å². The van der Waals surface area contributed by atoms with Gasteiger partial charge in [0.2, 0.25) is 0 Å². The third-order valence-corrected chi connectivity index (χ3v) is 4.32. The second-order valence-corrected chi connectivity index (χ2v) is 6.10. The van der Waals surface area contributed by atoms with Crippen molar-refractivity contribution in [1.82, 2.24) is 5.32 Å². The molecule has 2 atom stereocenters. The number of carbonyl (C=O) groups is 2. The van der Waals surface area contributed by atoms with Crippen LogP contribution in [-0.4, -0.2) is 31.6 Å². The van der Waals surface area contributed by atoms with Gasteiger partial charge in [-0.05, 0) is 17.5 Å². The minimum Gasteiger partial charge on any atom is -0.483 e. The van der Waals surface area contributed by atoms with Gasteiger partial charge in [-0.25, -0.2) is 4.79 Å². The predicted molar refractivity (Wildman–Crippen MR) is 101 cm³/mol. The molecular weight excluding hydrogens is 330 g/mol. The van der Waals surface area contributed by atoms with Crippen LogP contribution in [0.15, 0.2) is 54.6 Å². The van der Waals surface area contributed by atoms with Gasteiger partial charge in [-0.3, -0.25) is 4.79 Å². The van der Waals surface area contributed by atoms with E-state index in [4.69, 9.17) is 9.47 Å². The molecule has 1 N–H and O–H groups in total. The SMILES string of the molecule is CC[C@H](C)[C@@H](NC(=O)COc1ccccc1-c1ccccc1)C(=O)OC. The van der Waals surface area contributed by atoms with Crippen LogP contribution in [0.1, 0.15) is 20.3 Å². The number of nitrogens with one attached hydrogen (secondary N) is 1. The summed E-state index contributed by atoms with van der Waals surface area (Å²) < 4.78 is 10.5. The first-order valence-corrected chi connectivity index (χ1v) is 8.71. The molecule has 0 saturated carbocycles. The summed E-state index contributed by atoms with van der Waals surface area (Å²) in [5.41, 5.74) is 1.92. The van der Waals surface area contributed by atoms with E-state index in [1.54, 1.807) is 0 Å². The van der Waals surface area contributed by atoms with E-state index in [1.807, 2.05) is 68.4 Å². The number of esters is 1. The molecule has 0 aromatic heterocycles. The van der Waals surface area contributed by atoms with Crippen LogP contribution >= 0.6 is 0 Å². The van der Waals surface area contributed by atoms with Gasteiger partial charge >= 0.3 is 5.97 Å². The maximum absolute atomic E-state index is 12.3. The van der Waals surface area contributed by atoms with Crippen LogP contribution in [0.4, 0.5) is 0 Å². The Balaban J connectivity index is 2.05. The zero-order chi connectivity index (χ0) is 18.9. The summed E-state index contributed by atoms with van der Waals surface area (Å²) in [6, 6.07) is 16.7. The third kappa shape index (κ3) is 5.09. The third-order valence-electron chi connectivity index (χ3n) is 4.32. The fraction of sp³-hybridized carbons (Fsp3) is 0.333. The normalized spacial score (nSPS) is 12.7. The number of methoxy groups -OCH3 is 1. The van der Waals surface area contributed by atoms with E-state index in [2.05, 4.69) is 5.32 Å². The summed E-state index contributed by atoms with van der Waals surface area (Å²) in [5.74, 6) is -0.212. The van der Waals surface area contributed by atoms with Crippen molar-refractivity contribution in [2.45, 2.75) is 26.3 Å². The summed E-state index contributed by atoms with van der Waals surface area (Å²) in [5, 5.41) is 2.71. The Morgan fingerprint density at radius 2 is 1.69 bits per heavy atom. The Bertz CT molecular complexity index is 730. The summed E-state index contributed by atoms with van der Waals surface area (Å²) in [6.45, 7) is 3.68. The van der Waals surface area contributed by atoms with Crippen molar-refractivity contribution >= 4 is 11.9 Å². The average molecular weight is 355 g/mol. The number of hydrogen-bond acceptors (Lipinski definition) is 4. The number of ether oxygens (including phenoxy) is 2. The topological polar surface area (TPSA) is 64.6 Å². The van der Waals surface area contributed by atoms with Crippen molar-refractivity contribution < 1.29 is 19.1 Å². The van der Waals surface area contributed by atoms with Crippen molar-refractivity contribution in [3.63, 3.8) is 0 Å². The Hall–Kier alpha value is -2.82. The summed E-state index contributed by atoms with van der Waals surface area (Å²) in [4.78, 5) is 24.2. The van der Waals surface area contributed by atoms with E-state index in [0.717, 1.165) is 17.5 Å². The maximum atomic E-state index is 12.3. The van der Waals surface area contributed by atoms with Gasteiger partial charge in [-0.2, -0.15) is 0 Å². The molecule has 2 aromatic carbocycles. The monoisotopic (exact) mass is 355 g/mol. The highest BCUT2D eigenvalue weighted by Crippen LogP contribution is 2.29. The first-order chi connectivity index (χ1) is 12.6. The highest BCUT2D eigenvalue weighted by Gasteiger charge is 2.26. The predicted octanol–water partition coefficient (Wildman–Crippen LogP) is 3.44. The number of carbonyl (C=O) groups excluding carboxylic acids is 2. The molecule has 2 aromatic rings. The molecule has 0 bridgehead atoms. The Morgan fingerprint density at radius 1 is 1.04 bits per heavy atom. The Labute approximate surface area is 154 Å². The van der Waals surface area contributed by atoms with Crippen LogP contribution in [0, 0.1) is 5.92 Å². The van der Waals surface area contributed by atoms with Crippen LogP contribution in [0.2, 0.25) is 0 Å². The summed E-state index contributed by atoms with van der Waals surface area (Å²) in [6.07, 6.45) is 0.748. The van der Waals surface area contributed by atoms with E-state index in [9.17, 15) is 9.59 Å². The van der Waals surface area contributed by atoms with Crippen LogP contribution in [0.5, 0.6) is 5.75 Å². The van der Waals surface area contributed by atoms with Crippen molar-refractivity contribution in [3.05, 3.63) is 54.6 Å². The lowest BCUT2D eigenvalue weighted by Gasteiger charge is -2.22. The van der Waals surface area contributed by atoms with E-state index >= 15 is 0 Å². The standard InChI is InChI=1S/C21H25NO4/c1-4-15(2)20(21(24)25-3)22-19(23)14-26-18-13-9-8-12-17(18)16-10-6-5-7-11-16/h5-13,15,20H,4,14H2,1-3H3,(H,22,23)/t15-,20+/m0/s1. The lowest BCUT2D eigenvalue weighted by Crippen LogP contribution is -2.47. The van der Waals surface area contributed by atoms with Gasteiger partial charge in [0, 0.05) is 5.56 Å². The fourth-order valence-electron chi connectivity index (χ4n) is 2.60. The minimum absolute atomic E-state index is 0.0250. The van der Waals surface area contributed by atoms with Crippen molar-refractivity contribution in [1.29, 1.82) is 0 Å². The molecule has 0 aliphatic heterocycles. The highest BCUT2D eigenvalue weighted by atomic mass is 16.5. The van der Waals surface area contributed by atoms with Crippen molar-refractivity contribution in [3.8, 4) is 16.9 Å². The smallest absolute Gasteiger partial charge is 0.328 e. The lowest BCUT2D eigenvalue weighted by molar-refractivity contribution is -0.146. The van der Waals surface area contributed by atoms with Crippen LogP contribution < -0.4 is 10.1 Å². The molecule has 138 valence electrons. The first kappa shape index (κ1) is 19.5. The largest absolute Gasteiger partial charge is 0.483 e. The minimum atomic E-state index is -0.675. The maximum Gasteiger partial charge on any atom is 0.328 e. The number of rotatable bonds is 8. The lowest BCUT2D eigenvalue weighted by atomic mass is 9.99. The molecule has 1 amide bonds. The molecule has 0 aliphatic rings. The van der Waals surface area contributed by atoms with Crippen LogP contribution in [-0.2, 0) is 14.3 Å². The number of benzene rings is 2. The van der Waals surface area contributed by atoms with Gasteiger partial charge in [0.05, 0.1) is 7.11 Å². The molecule has 0 spiro atoms. The van der Waals surface area contributed by atoms with Crippen molar-refractivity contribution in [2.24, 2.45) is 5.92 Å². The molecule has 5 nitrogen and oxygen atoms in total. The first-order valence-electron chi connectivity index (χ1n) is 8.71. The molecule has 0 saturated heterocycles. The second kappa shape index (κ2) is 9.61. The van der Waals surface area contributed by atoms with Crippen LogP contribution in [0.3, 0.4) is 0 Å². The molecule has 0 aliphatic carbocycles. The summed E-state index contributed by atoms with van der Waals surface area (Å²) >= 11 is 0. The number of amides is 1. The molecule has 26 heavy (non-hydrogen) atoms. The molecular formula is C21H25NO4. The van der Waals surface area contributed by atoms with E-state index < -0.39 is 12.0 Å². The van der Waals surface area contributed by atoms with Crippen LogP contribution in [0.25, 0.3) is 11.1 Å². The average Bonchev–Trinajstić information content (AvgIpc) is 2.70. The second-order valence-electron chi connectivity index (χ2n) is 6.10. The molecule has 0 unspecified atom stereocenters. The zero-order valence-corrected chi connectivity index (χ0v) is 15.4. The van der Waals surface area contributed by atoms with Gasteiger partial charge in [0.1, 0.15) is 11.8 Å². The van der Waals surface area contributed by atoms with Gasteiger partial charge in [-0.1, -0.05) is 68.8 Å². The Morgan fingerprint density at radius 3 is 2.35 bits per heavy atom. The fourth-order valence-corrected chi connectivity index (χ4v) is 2.60.